The molecule has 0 aliphatic heterocycles. The molecule has 180 valence electrons. The van der Waals surface area contributed by atoms with Crippen LogP contribution in [0.25, 0.3) is 0 Å². The zero-order valence-corrected chi connectivity index (χ0v) is 20.2. The number of nitrogens with zero attached hydrogens (tertiary/aromatic N) is 1. The van der Waals surface area contributed by atoms with E-state index in [2.05, 4.69) is 24.3 Å². The number of carboxylic acids is 1. The molecule has 0 spiro atoms. The zero-order valence-electron chi connectivity index (χ0n) is 20.2. The molecule has 3 aromatic rings. The van der Waals surface area contributed by atoms with E-state index in [1.54, 1.807) is 27.3 Å². The molecule has 6 nitrogen and oxygen atoms in total. The number of fused-ring (bicyclic) bond motifs is 1. The quantitative estimate of drug-likeness (QED) is 0.468. The summed E-state index contributed by atoms with van der Waals surface area (Å²) in [4.78, 5) is 11.6. The molecule has 1 aromatic heterocycles. The number of carboxylic acid groups (broad SMARTS) is 1. The highest BCUT2D eigenvalue weighted by Gasteiger charge is 2.30. The van der Waals surface area contributed by atoms with Crippen molar-refractivity contribution in [3.63, 3.8) is 0 Å². The van der Waals surface area contributed by atoms with Crippen molar-refractivity contribution in [2.24, 2.45) is 11.8 Å². The summed E-state index contributed by atoms with van der Waals surface area (Å²) in [6.07, 6.45) is 5.55. The third kappa shape index (κ3) is 4.82. The predicted octanol–water partition coefficient (Wildman–Crippen LogP) is 4.98. The second-order valence-electron chi connectivity index (χ2n) is 9.39. The van der Waals surface area contributed by atoms with Crippen LogP contribution in [0.4, 0.5) is 0 Å². The van der Waals surface area contributed by atoms with Crippen molar-refractivity contribution in [3.05, 3.63) is 82.2 Å². The van der Waals surface area contributed by atoms with Gasteiger partial charge in [0.2, 0.25) is 0 Å². The molecule has 0 radical (unpaired) electrons. The Balaban J connectivity index is 1.64. The Morgan fingerprint density at radius 3 is 2.15 bits per heavy atom. The molecule has 2 N–H and O–H groups in total. The number of benzene rings is 2. The molecule has 34 heavy (non-hydrogen) atoms. The van der Waals surface area contributed by atoms with E-state index in [0.29, 0.717) is 35.1 Å². The molecule has 1 aliphatic rings. The Morgan fingerprint density at radius 1 is 1.06 bits per heavy atom. The van der Waals surface area contributed by atoms with Gasteiger partial charge >= 0.3 is 5.97 Å². The maximum atomic E-state index is 11.6. The van der Waals surface area contributed by atoms with Crippen molar-refractivity contribution in [1.82, 2.24) is 4.57 Å². The maximum absolute atomic E-state index is 11.6. The number of aromatic carboxylic acids is 1. The van der Waals surface area contributed by atoms with Crippen LogP contribution in [-0.2, 0) is 19.4 Å². The minimum absolute atomic E-state index is 0.120. The molecular weight excluding hydrogens is 430 g/mol. The van der Waals surface area contributed by atoms with Gasteiger partial charge in [0.05, 0.1) is 25.9 Å². The third-order valence-corrected chi connectivity index (χ3v) is 7.09. The van der Waals surface area contributed by atoms with Gasteiger partial charge < -0.3 is 24.3 Å². The second kappa shape index (κ2) is 9.94. The summed E-state index contributed by atoms with van der Waals surface area (Å²) in [5.41, 5.74) is 5.39. The van der Waals surface area contributed by atoms with Gasteiger partial charge in [-0.1, -0.05) is 24.3 Å². The van der Waals surface area contributed by atoms with Crippen LogP contribution >= 0.6 is 0 Å². The number of aliphatic hydroxyl groups is 1. The molecule has 0 fully saturated rings. The lowest BCUT2D eigenvalue weighted by Crippen LogP contribution is -2.22. The first-order valence-corrected chi connectivity index (χ1v) is 11.7. The summed E-state index contributed by atoms with van der Waals surface area (Å²) >= 11 is 0. The van der Waals surface area contributed by atoms with Gasteiger partial charge in [-0.15, -0.1) is 0 Å². The fourth-order valence-corrected chi connectivity index (χ4v) is 5.32. The molecule has 0 bridgehead atoms. The number of carbonyl (C=O) groups is 1. The van der Waals surface area contributed by atoms with E-state index in [1.165, 1.54) is 11.1 Å². The Labute approximate surface area is 200 Å². The van der Waals surface area contributed by atoms with Gasteiger partial charge in [-0.25, -0.2) is 4.79 Å². The van der Waals surface area contributed by atoms with Gasteiger partial charge in [0.25, 0.3) is 0 Å². The number of hydrogen-bond acceptors (Lipinski definition) is 4. The number of rotatable bonds is 9. The Hall–Kier alpha value is -3.25. The van der Waals surface area contributed by atoms with E-state index in [1.807, 2.05) is 29.8 Å². The first-order valence-electron chi connectivity index (χ1n) is 11.7. The summed E-state index contributed by atoms with van der Waals surface area (Å²) < 4.78 is 13.0. The van der Waals surface area contributed by atoms with E-state index >= 15 is 0 Å². The summed E-state index contributed by atoms with van der Waals surface area (Å²) in [5, 5.41) is 21.1. The van der Waals surface area contributed by atoms with Gasteiger partial charge in [-0.05, 0) is 73.4 Å². The van der Waals surface area contributed by atoms with Crippen molar-refractivity contribution in [2.45, 2.75) is 45.8 Å². The smallest absolute Gasteiger partial charge is 0.337 e. The SMILES string of the molecule is COc1cc([C@@H](O)[C@@H](CC2Cc3ccccc3C2)Cn2cc(C)c(C(=O)O)c2)cc(OC)c1C. The van der Waals surface area contributed by atoms with Gasteiger partial charge in [-0.3, -0.25) is 0 Å². The minimum Gasteiger partial charge on any atom is -0.496 e. The van der Waals surface area contributed by atoms with Gasteiger partial charge in [0.1, 0.15) is 11.5 Å². The lowest BCUT2D eigenvalue weighted by atomic mass is 9.85. The number of hydrogen-bond donors (Lipinski definition) is 2. The van der Waals surface area contributed by atoms with Crippen LogP contribution in [0.2, 0.25) is 0 Å². The van der Waals surface area contributed by atoms with Gasteiger partial charge in [0, 0.05) is 30.4 Å². The van der Waals surface area contributed by atoms with Crippen LogP contribution in [-0.4, -0.2) is 35.0 Å². The minimum atomic E-state index is -0.937. The van der Waals surface area contributed by atoms with Crippen molar-refractivity contribution in [2.75, 3.05) is 14.2 Å². The van der Waals surface area contributed by atoms with Crippen LogP contribution in [0, 0.1) is 25.7 Å². The van der Waals surface area contributed by atoms with E-state index in [4.69, 9.17) is 9.47 Å². The standard InChI is InChI=1S/C28H33NO5/c1-17-14-29(16-24(17)28(31)32)15-23(11-19-9-20-7-5-6-8-21(20)10-19)27(30)22-12-25(33-3)18(2)26(13-22)34-4/h5-8,12-14,16,19,23,27,30H,9-11,15H2,1-4H3,(H,31,32)/t23-,27+/m0/s1. The van der Waals surface area contributed by atoms with Gasteiger partial charge in [-0.2, -0.15) is 0 Å². The highest BCUT2D eigenvalue weighted by molar-refractivity contribution is 5.89. The van der Waals surface area contributed by atoms with Crippen molar-refractivity contribution in [3.8, 4) is 11.5 Å². The molecule has 0 saturated heterocycles. The second-order valence-corrected chi connectivity index (χ2v) is 9.39. The first-order chi connectivity index (χ1) is 16.3. The fraction of sp³-hybridized carbons (Fsp3) is 0.393. The van der Waals surface area contributed by atoms with Crippen molar-refractivity contribution < 1.29 is 24.5 Å². The van der Waals surface area contributed by atoms with Crippen LogP contribution in [0.1, 0.15) is 50.7 Å². The fourth-order valence-electron chi connectivity index (χ4n) is 5.32. The Bertz CT molecular complexity index is 1130. The molecule has 0 amide bonds. The zero-order chi connectivity index (χ0) is 24.4. The molecule has 1 heterocycles. The molecule has 0 saturated carbocycles. The van der Waals surface area contributed by atoms with Crippen LogP contribution < -0.4 is 9.47 Å². The van der Waals surface area contributed by atoms with E-state index in [9.17, 15) is 15.0 Å². The molecule has 4 rings (SSSR count). The number of aryl methyl sites for hydroxylation is 1. The van der Waals surface area contributed by atoms with Crippen LogP contribution in [0.15, 0.2) is 48.8 Å². The van der Waals surface area contributed by atoms with E-state index in [0.717, 1.165) is 30.4 Å². The average Bonchev–Trinajstić information content (AvgIpc) is 3.40. The number of aromatic nitrogens is 1. The first kappa shape index (κ1) is 23.9. The van der Waals surface area contributed by atoms with Crippen LogP contribution in [0.5, 0.6) is 11.5 Å². The molecule has 2 aromatic carbocycles. The van der Waals surface area contributed by atoms with E-state index in [-0.39, 0.29) is 5.92 Å². The van der Waals surface area contributed by atoms with Crippen molar-refractivity contribution >= 4 is 5.97 Å². The summed E-state index contributed by atoms with van der Waals surface area (Å²) in [7, 11) is 3.22. The highest BCUT2D eigenvalue weighted by atomic mass is 16.5. The monoisotopic (exact) mass is 463 g/mol. The van der Waals surface area contributed by atoms with Crippen LogP contribution in [0.3, 0.4) is 0 Å². The predicted molar refractivity (Wildman–Crippen MR) is 131 cm³/mol. The normalized spacial score (nSPS) is 15.1. The molecular formula is C28H33NO5. The number of aliphatic hydroxyl groups excluding tert-OH is 1. The Morgan fingerprint density at radius 2 is 1.65 bits per heavy atom. The topological polar surface area (TPSA) is 80.9 Å². The summed E-state index contributed by atoms with van der Waals surface area (Å²) in [6, 6.07) is 12.3. The largest absolute Gasteiger partial charge is 0.496 e. The molecule has 6 heteroatoms. The lowest BCUT2D eigenvalue weighted by molar-refractivity contribution is 0.0695. The number of methoxy groups -OCH3 is 2. The third-order valence-electron chi connectivity index (χ3n) is 7.09. The van der Waals surface area contributed by atoms with E-state index < -0.39 is 12.1 Å². The Kier molecular flexibility index (Phi) is 6.98. The molecule has 0 unspecified atom stereocenters. The molecule has 1 aliphatic carbocycles. The average molecular weight is 464 g/mol. The summed E-state index contributed by atoms with van der Waals surface area (Å²) in [5.74, 6) is 0.704. The summed E-state index contributed by atoms with van der Waals surface area (Å²) in [6.45, 7) is 4.24. The van der Waals surface area contributed by atoms with Crippen molar-refractivity contribution in [1.29, 1.82) is 0 Å². The maximum Gasteiger partial charge on any atom is 0.337 e. The lowest BCUT2D eigenvalue weighted by Gasteiger charge is -2.27. The van der Waals surface area contributed by atoms with Gasteiger partial charge in [0.15, 0.2) is 0 Å². The number of ether oxygens (including phenoxy) is 2. The molecule has 2 atom stereocenters. The highest BCUT2D eigenvalue weighted by Crippen LogP contribution is 2.39.